The number of anilines is 1. The lowest BCUT2D eigenvalue weighted by Crippen LogP contribution is -2.44. The molecule has 2 amide bonds. The van der Waals surface area contributed by atoms with Gasteiger partial charge in [0.15, 0.2) is 0 Å². The second-order valence-corrected chi connectivity index (χ2v) is 8.84. The molecule has 0 heterocycles. The van der Waals surface area contributed by atoms with E-state index in [2.05, 4.69) is 22.8 Å². The fourth-order valence-electron chi connectivity index (χ4n) is 3.57. The first-order chi connectivity index (χ1) is 16.0. The van der Waals surface area contributed by atoms with Crippen LogP contribution in [0.5, 0.6) is 5.75 Å². The van der Waals surface area contributed by atoms with E-state index < -0.39 is 6.04 Å². The van der Waals surface area contributed by atoms with E-state index in [1.165, 1.54) is 0 Å². The average molecular weight is 463 g/mol. The van der Waals surface area contributed by atoms with Crippen LogP contribution in [0, 0.1) is 6.92 Å². The first-order valence-electron chi connectivity index (χ1n) is 10.9. The number of aryl methyl sites for hydroxylation is 1. The molecule has 0 spiro atoms. The summed E-state index contributed by atoms with van der Waals surface area (Å²) in [5, 5.41) is 5.88. The monoisotopic (exact) mass is 462 g/mol. The van der Waals surface area contributed by atoms with Crippen LogP contribution in [0.2, 0.25) is 0 Å². The number of rotatable bonds is 10. The van der Waals surface area contributed by atoms with Gasteiger partial charge in [-0.3, -0.25) is 9.59 Å². The number of thioether (sulfide) groups is 1. The molecule has 0 bridgehead atoms. The maximum absolute atomic E-state index is 13.1. The third kappa shape index (κ3) is 7.12. The summed E-state index contributed by atoms with van der Waals surface area (Å²) in [5.74, 6) is 1.04. The van der Waals surface area contributed by atoms with E-state index >= 15 is 0 Å². The molecule has 0 aliphatic carbocycles. The topological polar surface area (TPSA) is 67.4 Å². The first kappa shape index (κ1) is 24.4. The van der Waals surface area contributed by atoms with Crippen LogP contribution >= 0.6 is 11.8 Å². The number of methoxy groups -OCH3 is 1. The van der Waals surface area contributed by atoms with E-state index in [1.54, 1.807) is 24.9 Å². The van der Waals surface area contributed by atoms with Crippen LogP contribution in [0.3, 0.4) is 0 Å². The van der Waals surface area contributed by atoms with Crippen molar-refractivity contribution in [2.75, 3.05) is 24.4 Å². The maximum atomic E-state index is 13.1. The van der Waals surface area contributed by atoms with Gasteiger partial charge in [0.1, 0.15) is 11.8 Å². The van der Waals surface area contributed by atoms with Gasteiger partial charge in [-0.25, -0.2) is 0 Å². The minimum absolute atomic E-state index is 0.235. The molecule has 0 aromatic heterocycles. The summed E-state index contributed by atoms with van der Waals surface area (Å²) >= 11 is 1.64. The van der Waals surface area contributed by atoms with Crippen molar-refractivity contribution in [1.29, 1.82) is 0 Å². The zero-order chi connectivity index (χ0) is 23.6. The SMILES string of the molecule is COc1ccc(NC(=O)C(CCSC)NC(=O)c2cccc(C)c2)cc1Cc1ccccc1. The number of benzene rings is 3. The number of carbonyl (C=O) groups excluding carboxylic acids is 2. The third-order valence-electron chi connectivity index (χ3n) is 5.30. The minimum atomic E-state index is -0.634. The van der Waals surface area contributed by atoms with Crippen molar-refractivity contribution in [2.24, 2.45) is 0 Å². The van der Waals surface area contributed by atoms with Gasteiger partial charge >= 0.3 is 0 Å². The minimum Gasteiger partial charge on any atom is -0.496 e. The van der Waals surface area contributed by atoms with Crippen LogP contribution in [0.1, 0.15) is 33.5 Å². The van der Waals surface area contributed by atoms with Gasteiger partial charge < -0.3 is 15.4 Å². The normalized spacial score (nSPS) is 11.5. The molecule has 33 heavy (non-hydrogen) atoms. The van der Waals surface area contributed by atoms with Crippen molar-refractivity contribution in [3.05, 3.63) is 95.1 Å². The van der Waals surface area contributed by atoms with Gasteiger partial charge in [-0.15, -0.1) is 0 Å². The molecule has 1 atom stereocenters. The highest BCUT2D eigenvalue weighted by atomic mass is 32.2. The largest absolute Gasteiger partial charge is 0.496 e. The van der Waals surface area contributed by atoms with E-state index in [0.29, 0.717) is 24.1 Å². The fraction of sp³-hybridized carbons (Fsp3) is 0.259. The summed E-state index contributed by atoms with van der Waals surface area (Å²) < 4.78 is 5.52. The summed E-state index contributed by atoms with van der Waals surface area (Å²) in [6.45, 7) is 1.94. The maximum Gasteiger partial charge on any atom is 0.251 e. The van der Waals surface area contributed by atoms with E-state index in [9.17, 15) is 9.59 Å². The lowest BCUT2D eigenvalue weighted by Gasteiger charge is -2.19. The fourth-order valence-corrected chi connectivity index (χ4v) is 4.04. The molecule has 0 saturated carbocycles. The van der Waals surface area contributed by atoms with E-state index in [-0.39, 0.29) is 11.8 Å². The molecule has 0 saturated heterocycles. The van der Waals surface area contributed by atoms with Crippen molar-refractivity contribution < 1.29 is 14.3 Å². The van der Waals surface area contributed by atoms with Crippen LogP contribution < -0.4 is 15.4 Å². The van der Waals surface area contributed by atoms with Gasteiger partial charge in [-0.2, -0.15) is 11.8 Å². The predicted octanol–water partition coefficient (Wildman–Crippen LogP) is 5.08. The quantitative estimate of drug-likeness (QED) is 0.441. The van der Waals surface area contributed by atoms with Gasteiger partial charge in [0, 0.05) is 23.2 Å². The van der Waals surface area contributed by atoms with Crippen LogP contribution in [0.25, 0.3) is 0 Å². The Morgan fingerprint density at radius 3 is 2.48 bits per heavy atom. The molecule has 0 radical (unpaired) electrons. The standard InChI is InChI=1S/C27H30N2O3S/c1-19-8-7-11-21(16-19)26(30)29-24(14-15-33-3)27(31)28-23-12-13-25(32-2)22(18-23)17-20-9-5-4-6-10-20/h4-13,16,18,24H,14-15,17H2,1-3H3,(H,28,31)(H,29,30). The summed E-state index contributed by atoms with van der Waals surface area (Å²) in [4.78, 5) is 25.9. The highest BCUT2D eigenvalue weighted by Crippen LogP contribution is 2.25. The Labute approximate surface area is 199 Å². The molecule has 172 valence electrons. The Balaban J connectivity index is 1.75. The van der Waals surface area contributed by atoms with Crippen molar-refractivity contribution in [3.8, 4) is 5.75 Å². The number of nitrogens with one attached hydrogen (secondary N) is 2. The van der Waals surface area contributed by atoms with Crippen molar-refractivity contribution in [1.82, 2.24) is 5.32 Å². The first-order valence-corrected chi connectivity index (χ1v) is 12.3. The Kier molecular flexibility index (Phi) is 8.95. The summed E-state index contributed by atoms with van der Waals surface area (Å²) in [5.41, 5.74) is 4.35. The number of hydrogen-bond donors (Lipinski definition) is 2. The lowest BCUT2D eigenvalue weighted by molar-refractivity contribution is -0.118. The van der Waals surface area contributed by atoms with E-state index in [4.69, 9.17) is 4.74 Å². The van der Waals surface area contributed by atoms with Crippen molar-refractivity contribution in [2.45, 2.75) is 25.8 Å². The zero-order valence-corrected chi connectivity index (χ0v) is 20.1. The average Bonchev–Trinajstić information content (AvgIpc) is 2.82. The molecule has 1 unspecified atom stereocenters. The summed E-state index contributed by atoms with van der Waals surface area (Å²) in [6, 6.07) is 22.4. The number of amides is 2. The number of ether oxygens (including phenoxy) is 1. The van der Waals surface area contributed by atoms with E-state index in [1.807, 2.05) is 67.8 Å². The molecule has 0 aliphatic heterocycles. The molecule has 3 aromatic rings. The number of hydrogen-bond acceptors (Lipinski definition) is 4. The third-order valence-corrected chi connectivity index (χ3v) is 5.94. The Bertz CT molecular complexity index is 1090. The molecular formula is C27H30N2O3S. The van der Waals surface area contributed by atoms with Crippen LogP contribution in [0.15, 0.2) is 72.8 Å². The van der Waals surface area contributed by atoms with Gasteiger partial charge in [-0.05, 0) is 61.2 Å². The predicted molar refractivity (Wildman–Crippen MR) is 136 cm³/mol. The molecule has 0 fully saturated rings. The molecule has 3 rings (SSSR count). The van der Waals surface area contributed by atoms with Gasteiger partial charge in [0.05, 0.1) is 7.11 Å². The molecule has 3 aromatic carbocycles. The second-order valence-electron chi connectivity index (χ2n) is 7.86. The summed E-state index contributed by atoms with van der Waals surface area (Å²) in [7, 11) is 1.64. The lowest BCUT2D eigenvalue weighted by atomic mass is 10.0. The number of carbonyl (C=O) groups is 2. The summed E-state index contributed by atoms with van der Waals surface area (Å²) in [6.07, 6.45) is 3.21. The molecule has 5 nitrogen and oxygen atoms in total. The molecule has 2 N–H and O–H groups in total. The van der Waals surface area contributed by atoms with Crippen LogP contribution in [-0.2, 0) is 11.2 Å². The molecule has 0 aliphatic rings. The van der Waals surface area contributed by atoms with Crippen molar-refractivity contribution in [3.63, 3.8) is 0 Å². The smallest absolute Gasteiger partial charge is 0.251 e. The highest BCUT2D eigenvalue weighted by Gasteiger charge is 2.22. The highest BCUT2D eigenvalue weighted by molar-refractivity contribution is 7.98. The van der Waals surface area contributed by atoms with Crippen molar-refractivity contribution >= 4 is 29.3 Å². The molecule has 6 heteroatoms. The second kappa shape index (κ2) is 12.1. The zero-order valence-electron chi connectivity index (χ0n) is 19.3. The van der Waals surface area contributed by atoms with Gasteiger partial charge in [0.2, 0.25) is 5.91 Å². The van der Waals surface area contributed by atoms with Gasteiger partial charge in [-0.1, -0.05) is 48.0 Å². The van der Waals surface area contributed by atoms with E-state index in [0.717, 1.165) is 28.2 Å². The van der Waals surface area contributed by atoms with Gasteiger partial charge in [0.25, 0.3) is 5.91 Å². The molecular weight excluding hydrogens is 432 g/mol. The van der Waals surface area contributed by atoms with Crippen LogP contribution in [0.4, 0.5) is 5.69 Å². The van der Waals surface area contributed by atoms with Crippen LogP contribution in [-0.4, -0.2) is 37.0 Å². The Morgan fingerprint density at radius 2 is 1.79 bits per heavy atom. The Hall–Kier alpha value is -3.25. The Morgan fingerprint density at radius 1 is 1.00 bits per heavy atom.